The van der Waals surface area contributed by atoms with Crippen LogP contribution < -0.4 is 30.2 Å². The van der Waals surface area contributed by atoms with Crippen molar-refractivity contribution in [1.82, 2.24) is 16.0 Å². The average molecular weight is 556 g/mol. The summed E-state index contributed by atoms with van der Waals surface area (Å²) in [6.07, 6.45) is 0.772. The zero-order chi connectivity index (χ0) is 22.5. The summed E-state index contributed by atoms with van der Waals surface area (Å²) < 4.78 is 15.7. The number of amides is 1. The SMILES string of the molecule is CCNC(=NCC(=O)NCc1ccc(OC)cc1)NCCc1ccc(OC)c(OC)c1.I. The molecule has 32 heavy (non-hydrogen) atoms. The molecule has 0 aliphatic heterocycles. The standard InChI is InChI=1S/C23H32N4O4.HI/c1-5-24-23(25-13-12-17-8-11-20(30-3)21(14-17)31-4)27-16-22(28)26-15-18-6-9-19(29-2)10-7-18;/h6-11,14H,5,12-13,15-16H2,1-4H3,(H,26,28)(H2,24,25,27);1H. The van der Waals surface area contributed by atoms with Gasteiger partial charge in [-0.05, 0) is 48.7 Å². The highest BCUT2D eigenvalue weighted by Gasteiger charge is 2.06. The van der Waals surface area contributed by atoms with Crippen LogP contribution in [0, 0.1) is 0 Å². The van der Waals surface area contributed by atoms with Crippen molar-refractivity contribution < 1.29 is 19.0 Å². The summed E-state index contributed by atoms with van der Waals surface area (Å²) in [4.78, 5) is 16.5. The summed E-state index contributed by atoms with van der Waals surface area (Å²) in [6, 6.07) is 13.4. The van der Waals surface area contributed by atoms with Crippen LogP contribution in [-0.2, 0) is 17.8 Å². The van der Waals surface area contributed by atoms with Gasteiger partial charge in [0.2, 0.25) is 5.91 Å². The lowest BCUT2D eigenvalue weighted by Crippen LogP contribution is -2.39. The quantitative estimate of drug-likeness (QED) is 0.224. The highest BCUT2D eigenvalue weighted by molar-refractivity contribution is 14.0. The van der Waals surface area contributed by atoms with Gasteiger partial charge in [-0.15, -0.1) is 24.0 Å². The van der Waals surface area contributed by atoms with E-state index in [2.05, 4.69) is 20.9 Å². The number of hydrogen-bond acceptors (Lipinski definition) is 5. The lowest BCUT2D eigenvalue weighted by atomic mass is 10.1. The molecule has 0 aromatic heterocycles. The minimum absolute atomic E-state index is 0. The number of benzene rings is 2. The van der Waals surface area contributed by atoms with Gasteiger partial charge in [0.25, 0.3) is 0 Å². The molecule has 0 radical (unpaired) electrons. The van der Waals surface area contributed by atoms with Crippen LogP contribution in [0.2, 0.25) is 0 Å². The molecule has 0 saturated heterocycles. The fourth-order valence-electron chi connectivity index (χ4n) is 2.85. The maximum atomic E-state index is 12.2. The fraction of sp³-hybridized carbons (Fsp3) is 0.391. The minimum atomic E-state index is -0.145. The number of halogens is 1. The lowest BCUT2D eigenvalue weighted by Gasteiger charge is -2.13. The van der Waals surface area contributed by atoms with E-state index in [1.54, 1.807) is 21.3 Å². The van der Waals surface area contributed by atoms with Gasteiger partial charge in [0.05, 0.1) is 21.3 Å². The van der Waals surface area contributed by atoms with E-state index in [0.29, 0.717) is 37.1 Å². The molecule has 0 bridgehead atoms. The second-order valence-electron chi connectivity index (χ2n) is 6.69. The van der Waals surface area contributed by atoms with E-state index >= 15 is 0 Å². The molecule has 8 nitrogen and oxygen atoms in total. The van der Waals surface area contributed by atoms with E-state index in [9.17, 15) is 4.79 Å². The number of nitrogens with one attached hydrogen (secondary N) is 3. The average Bonchev–Trinajstić information content (AvgIpc) is 2.81. The van der Waals surface area contributed by atoms with Crippen molar-refractivity contribution in [2.45, 2.75) is 19.9 Å². The number of carbonyl (C=O) groups excluding carboxylic acids is 1. The molecule has 2 aromatic rings. The van der Waals surface area contributed by atoms with Gasteiger partial charge in [-0.3, -0.25) is 4.79 Å². The smallest absolute Gasteiger partial charge is 0.242 e. The van der Waals surface area contributed by atoms with Crippen molar-refractivity contribution in [3.63, 3.8) is 0 Å². The number of guanidine groups is 1. The molecule has 0 aliphatic carbocycles. The zero-order valence-corrected chi connectivity index (χ0v) is 21.4. The van der Waals surface area contributed by atoms with Crippen LogP contribution in [-0.4, -0.2) is 52.8 Å². The molecular formula is C23H33IN4O4. The van der Waals surface area contributed by atoms with Gasteiger partial charge in [0.15, 0.2) is 17.5 Å². The van der Waals surface area contributed by atoms with Crippen LogP contribution >= 0.6 is 24.0 Å². The predicted octanol–water partition coefficient (Wildman–Crippen LogP) is 2.74. The number of methoxy groups -OCH3 is 3. The van der Waals surface area contributed by atoms with E-state index in [0.717, 1.165) is 23.3 Å². The van der Waals surface area contributed by atoms with Crippen molar-refractivity contribution in [3.05, 3.63) is 53.6 Å². The Hall–Kier alpha value is -2.69. The number of carbonyl (C=O) groups is 1. The van der Waals surface area contributed by atoms with Crippen LogP contribution in [0.25, 0.3) is 0 Å². The fourth-order valence-corrected chi connectivity index (χ4v) is 2.85. The van der Waals surface area contributed by atoms with Gasteiger partial charge in [-0.25, -0.2) is 4.99 Å². The number of hydrogen-bond donors (Lipinski definition) is 3. The minimum Gasteiger partial charge on any atom is -0.497 e. The summed E-state index contributed by atoms with van der Waals surface area (Å²) in [5.41, 5.74) is 2.11. The Morgan fingerprint density at radius 2 is 1.56 bits per heavy atom. The van der Waals surface area contributed by atoms with Crippen molar-refractivity contribution >= 4 is 35.8 Å². The number of aliphatic imine (C=N–C) groups is 1. The Kier molecular flexibility index (Phi) is 13.0. The van der Waals surface area contributed by atoms with Crippen LogP contribution in [0.1, 0.15) is 18.1 Å². The highest BCUT2D eigenvalue weighted by atomic mass is 127. The van der Waals surface area contributed by atoms with Gasteiger partial charge in [0, 0.05) is 19.6 Å². The Bertz CT molecular complexity index is 860. The van der Waals surface area contributed by atoms with Crippen molar-refractivity contribution in [2.75, 3.05) is 41.0 Å². The number of nitrogens with zero attached hydrogens (tertiary/aromatic N) is 1. The molecule has 0 fully saturated rings. The van der Waals surface area contributed by atoms with E-state index in [1.165, 1.54) is 0 Å². The summed E-state index contributed by atoms with van der Waals surface area (Å²) >= 11 is 0. The maximum absolute atomic E-state index is 12.2. The molecule has 0 heterocycles. The van der Waals surface area contributed by atoms with E-state index in [-0.39, 0.29) is 36.4 Å². The molecule has 0 unspecified atom stereocenters. The first-order valence-electron chi connectivity index (χ1n) is 10.2. The monoisotopic (exact) mass is 556 g/mol. The molecule has 0 spiro atoms. The van der Waals surface area contributed by atoms with Crippen LogP contribution in [0.5, 0.6) is 17.2 Å². The third-order valence-electron chi connectivity index (χ3n) is 4.53. The molecule has 0 atom stereocenters. The Morgan fingerprint density at radius 3 is 2.19 bits per heavy atom. The first kappa shape index (κ1) is 27.3. The molecule has 3 N–H and O–H groups in total. The number of rotatable bonds is 11. The normalized spacial score (nSPS) is 10.6. The summed E-state index contributed by atoms with van der Waals surface area (Å²) in [7, 11) is 4.86. The van der Waals surface area contributed by atoms with Crippen LogP contribution in [0.3, 0.4) is 0 Å². The van der Waals surface area contributed by atoms with E-state index in [4.69, 9.17) is 14.2 Å². The van der Waals surface area contributed by atoms with Crippen LogP contribution in [0.4, 0.5) is 0 Å². The Balaban J connectivity index is 0.00000512. The van der Waals surface area contributed by atoms with Gasteiger partial charge in [-0.2, -0.15) is 0 Å². The molecule has 1 amide bonds. The predicted molar refractivity (Wildman–Crippen MR) is 137 cm³/mol. The maximum Gasteiger partial charge on any atom is 0.242 e. The van der Waals surface area contributed by atoms with Gasteiger partial charge < -0.3 is 30.2 Å². The molecule has 9 heteroatoms. The first-order valence-corrected chi connectivity index (χ1v) is 10.2. The molecular weight excluding hydrogens is 523 g/mol. The molecule has 0 aliphatic rings. The van der Waals surface area contributed by atoms with Gasteiger partial charge >= 0.3 is 0 Å². The van der Waals surface area contributed by atoms with Crippen molar-refractivity contribution in [3.8, 4) is 17.2 Å². The van der Waals surface area contributed by atoms with Crippen molar-refractivity contribution in [1.29, 1.82) is 0 Å². The highest BCUT2D eigenvalue weighted by Crippen LogP contribution is 2.27. The summed E-state index contributed by atoms with van der Waals surface area (Å²) in [5.74, 6) is 2.65. The van der Waals surface area contributed by atoms with Crippen molar-refractivity contribution in [2.24, 2.45) is 4.99 Å². The second-order valence-corrected chi connectivity index (χ2v) is 6.69. The summed E-state index contributed by atoms with van der Waals surface area (Å²) in [5, 5.41) is 9.27. The zero-order valence-electron chi connectivity index (χ0n) is 19.1. The number of ether oxygens (including phenoxy) is 3. The summed E-state index contributed by atoms with van der Waals surface area (Å²) in [6.45, 7) is 3.84. The van der Waals surface area contributed by atoms with E-state index in [1.807, 2.05) is 49.4 Å². The lowest BCUT2D eigenvalue weighted by molar-refractivity contribution is -0.119. The second kappa shape index (κ2) is 15.2. The topological polar surface area (TPSA) is 93.2 Å². The molecule has 2 rings (SSSR count). The van der Waals surface area contributed by atoms with E-state index < -0.39 is 0 Å². The largest absolute Gasteiger partial charge is 0.497 e. The Morgan fingerprint density at radius 1 is 0.875 bits per heavy atom. The third kappa shape index (κ3) is 9.21. The third-order valence-corrected chi connectivity index (χ3v) is 4.53. The Labute approximate surface area is 207 Å². The molecule has 0 saturated carbocycles. The van der Waals surface area contributed by atoms with Crippen LogP contribution in [0.15, 0.2) is 47.5 Å². The molecule has 176 valence electrons. The van der Waals surface area contributed by atoms with Gasteiger partial charge in [0.1, 0.15) is 12.3 Å². The first-order chi connectivity index (χ1) is 15.1. The molecule has 2 aromatic carbocycles. The van der Waals surface area contributed by atoms with Gasteiger partial charge in [-0.1, -0.05) is 18.2 Å².